The van der Waals surface area contributed by atoms with E-state index in [1.807, 2.05) is 25.1 Å². The summed E-state index contributed by atoms with van der Waals surface area (Å²) in [7, 11) is 4.59. The van der Waals surface area contributed by atoms with Gasteiger partial charge in [-0.05, 0) is 44.0 Å². The van der Waals surface area contributed by atoms with E-state index < -0.39 is 5.97 Å². The second-order valence-electron chi connectivity index (χ2n) is 6.24. The highest BCUT2D eigenvalue weighted by Crippen LogP contribution is 2.27. The number of aryl methyl sites for hydroxylation is 1. The molecule has 0 amide bonds. The van der Waals surface area contributed by atoms with E-state index in [-0.39, 0.29) is 0 Å². The van der Waals surface area contributed by atoms with Crippen LogP contribution in [0.2, 0.25) is 0 Å². The maximum absolute atomic E-state index is 11.7. The van der Waals surface area contributed by atoms with Gasteiger partial charge in [0.2, 0.25) is 0 Å². The number of furan rings is 1. The van der Waals surface area contributed by atoms with Crippen molar-refractivity contribution in [1.82, 2.24) is 10.6 Å². The SMILES string of the molecule is CCNC(=NCc1cc(C(=O)OC)c(C)o1)NCCc1ccc(OC)c(OC)c1. The molecular weight excluding hydrogens is 374 g/mol. The molecule has 29 heavy (non-hydrogen) atoms. The van der Waals surface area contributed by atoms with Gasteiger partial charge in [0.25, 0.3) is 0 Å². The van der Waals surface area contributed by atoms with Gasteiger partial charge >= 0.3 is 5.97 Å². The summed E-state index contributed by atoms with van der Waals surface area (Å²) >= 11 is 0. The Morgan fingerprint density at radius 2 is 1.86 bits per heavy atom. The van der Waals surface area contributed by atoms with Crippen LogP contribution in [0.5, 0.6) is 11.5 Å². The Bertz CT molecular complexity index is 845. The zero-order valence-corrected chi connectivity index (χ0v) is 17.6. The highest BCUT2D eigenvalue weighted by molar-refractivity contribution is 5.90. The van der Waals surface area contributed by atoms with E-state index in [0.29, 0.717) is 47.6 Å². The van der Waals surface area contributed by atoms with Crippen molar-refractivity contribution in [3.8, 4) is 11.5 Å². The molecule has 1 aromatic heterocycles. The number of carbonyl (C=O) groups is 1. The largest absolute Gasteiger partial charge is 0.493 e. The minimum Gasteiger partial charge on any atom is -0.493 e. The van der Waals surface area contributed by atoms with E-state index in [4.69, 9.17) is 18.6 Å². The predicted octanol–water partition coefficient (Wildman–Crippen LogP) is 2.69. The standard InChI is InChI=1S/C21H29N3O5/c1-6-22-21(24-13-16-12-17(14(2)29-16)20(25)28-5)23-10-9-15-7-8-18(26-3)19(11-15)27-4/h7-8,11-12H,6,9-10,13H2,1-5H3,(H2,22,23,24). The van der Waals surface area contributed by atoms with Crippen molar-refractivity contribution < 1.29 is 23.4 Å². The van der Waals surface area contributed by atoms with Crippen LogP contribution in [0, 0.1) is 6.92 Å². The molecule has 0 saturated heterocycles. The number of aliphatic imine (C=N–C) groups is 1. The van der Waals surface area contributed by atoms with Gasteiger partial charge in [-0.3, -0.25) is 0 Å². The number of methoxy groups -OCH3 is 3. The number of esters is 1. The normalized spacial score (nSPS) is 11.1. The van der Waals surface area contributed by atoms with Gasteiger partial charge in [-0.15, -0.1) is 0 Å². The molecule has 0 atom stereocenters. The van der Waals surface area contributed by atoms with E-state index in [1.54, 1.807) is 27.2 Å². The van der Waals surface area contributed by atoms with Crippen molar-refractivity contribution in [2.24, 2.45) is 4.99 Å². The maximum Gasteiger partial charge on any atom is 0.341 e. The first-order valence-electron chi connectivity index (χ1n) is 9.43. The lowest BCUT2D eigenvalue weighted by atomic mass is 10.1. The Balaban J connectivity index is 1.97. The van der Waals surface area contributed by atoms with Crippen LogP contribution in [-0.2, 0) is 17.7 Å². The smallest absolute Gasteiger partial charge is 0.341 e. The van der Waals surface area contributed by atoms with Gasteiger partial charge in [-0.2, -0.15) is 0 Å². The Kier molecular flexibility index (Phi) is 8.39. The Morgan fingerprint density at radius 1 is 1.10 bits per heavy atom. The topological polar surface area (TPSA) is 94.3 Å². The van der Waals surface area contributed by atoms with Crippen LogP contribution >= 0.6 is 0 Å². The van der Waals surface area contributed by atoms with Gasteiger partial charge in [-0.1, -0.05) is 6.07 Å². The molecule has 0 spiro atoms. The summed E-state index contributed by atoms with van der Waals surface area (Å²) in [6, 6.07) is 7.53. The summed E-state index contributed by atoms with van der Waals surface area (Å²) in [5.74, 6) is 2.79. The van der Waals surface area contributed by atoms with Crippen LogP contribution < -0.4 is 20.1 Å². The summed E-state index contributed by atoms with van der Waals surface area (Å²) in [6.07, 6.45) is 0.789. The predicted molar refractivity (Wildman–Crippen MR) is 111 cm³/mol. The van der Waals surface area contributed by atoms with Crippen molar-refractivity contribution in [3.63, 3.8) is 0 Å². The molecule has 0 saturated carbocycles. The fourth-order valence-electron chi connectivity index (χ4n) is 2.79. The van der Waals surface area contributed by atoms with E-state index in [9.17, 15) is 4.79 Å². The summed E-state index contributed by atoms with van der Waals surface area (Å²) in [5, 5.41) is 6.49. The average Bonchev–Trinajstić information content (AvgIpc) is 3.11. The van der Waals surface area contributed by atoms with Crippen molar-refractivity contribution in [2.75, 3.05) is 34.4 Å². The molecule has 0 radical (unpaired) electrons. The lowest BCUT2D eigenvalue weighted by molar-refractivity contribution is 0.0599. The number of carbonyl (C=O) groups excluding carboxylic acids is 1. The molecule has 2 rings (SSSR count). The lowest BCUT2D eigenvalue weighted by Gasteiger charge is -2.12. The van der Waals surface area contributed by atoms with Crippen LogP contribution in [0.3, 0.4) is 0 Å². The number of hydrogen-bond acceptors (Lipinski definition) is 6. The van der Waals surface area contributed by atoms with Crippen molar-refractivity contribution in [1.29, 1.82) is 0 Å². The molecule has 0 aliphatic rings. The minimum absolute atomic E-state index is 0.309. The monoisotopic (exact) mass is 403 g/mol. The van der Waals surface area contributed by atoms with Gasteiger partial charge in [-0.25, -0.2) is 9.79 Å². The van der Waals surface area contributed by atoms with Crippen LogP contribution in [0.15, 0.2) is 33.7 Å². The third-order valence-electron chi connectivity index (χ3n) is 4.27. The highest BCUT2D eigenvalue weighted by atomic mass is 16.5. The van der Waals surface area contributed by atoms with Crippen LogP contribution in [0.4, 0.5) is 0 Å². The number of rotatable bonds is 9. The van der Waals surface area contributed by atoms with Gasteiger partial charge in [0, 0.05) is 13.1 Å². The number of hydrogen-bond donors (Lipinski definition) is 2. The van der Waals surface area contributed by atoms with Gasteiger partial charge in [0.15, 0.2) is 17.5 Å². The molecule has 0 aliphatic carbocycles. The lowest BCUT2D eigenvalue weighted by Crippen LogP contribution is -2.38. The molecule has 8 heteroatoms. The van der Waals surface area contributed by atoms with Crippen LogP contribution in [0.1, 0.15) is 34.4 Å². The van der Waals surface area contributed by atoms with E-state index in [2.05, 4.69) is 15.6 Å². The van der Waals surface area contributed by atoms with Gasteiger partial charge in [0.1, 0.15) is 23.6 Å². The number of nitrogens with one attached hydrogen (secondary N) is 2. The molecule has 2 aromatic rings. The minimum atomic E-state index is -0.415. The van der Waals surface area contributed by atoms with Gasteiger partial charge in [0.05, 0.1) is 21.3 Å². The molecule has 8 nitrogen and oxygen atoms in total. The van der Waals surface area contributed by atoms with E-state index >= 15 is 0 Å². The highest BCUT2D eigenvalue weighted by Gasteiger charge is 2.15. The fourth-order valence-corrected chi connectivity index (χ4v) is 2.79. The van der Waals surface area contributed by atoms with E-state index in [0.717, 1.165) is 18.5 Å². The van der Waals surface area contributed by atoms with Crippen molar-refractivity contribution in [2.45, 2.75) is 26.8 Å². The summed E-state index contributed by atoms with van der Waals surface area (Å²) in [4.78, 5) is 16.2. The molecule has 158 valence electrons. The number of nitrogens with zero attached hydrogens (tertiary/aromatic N) is 1. The number of ether oxygens (including phenoxy) is 3. The molecule has 0 aliphatic heterocycles. The second kappa shape index (κ2) is 11.0. The molecule has 1 heterocycles. The molecule has 0 bridgehead atoms. The van der Waals surface area contributed by atoms with Crippen molar-refractivity contribution in [3.05, 3.63) is 46.9 Å². The quantitative estimate of drug-likeness (QED) is 0.378. The molecule has 0 fully saturated rings. The zero-order chi connectivity index (χ0) is 21.2. The van der Waals surface area contributed by atoms with Crippen molar-refractivity contribution >= 4 is 11.9 Å². The first-order valence-corrected chi connectivity index (χ1v) is 9.43. The molecular formula is C21H29N3O5. The fraction of sp³-hybridized carbons (Fsp3) is 0.429. The third-order valence-corrected chi connectivity index (χ3v) is 4.27. The third kappa shape index (κ3) is 6.17. The molecule has 1 aromatic carbocycles. The number of guanidine groups is 1. The summed E-state index contributed by atoms with van der Waals surface area (Å²) < 4.78 is 20.9. The first kappa shape index (κ1) is 22.1. The second-order valence-corrected chi connectivity index (χ2v) is 6.24. The zero-order valence-electron chi connectivity index (χ0n) is 17.6. The Hall–Kier alpha value is -3.16. The summed E-state index contributed by atoms with van der Waals surface area (Å²) in [5.41, 5.74) is 1.54. The number of benzene rings is 1. The molecule has 2 N–H and O–H groups in total. The van der Waals surface area contributed by atoms with Crippen LogP contribution in [0.25, 0.3) is 0 Å². The Labute approximate surface area is 171 Å². The molecule has 0 unspecified atom stereocenters. The first-order chi connectivity index (χ1) is 14.0. The van der Waals surface area contributed by atoms with Gasteiger partial charge < -0.3 is 29.3 Å². The maximum atomic E-state index is 11.7. The Morgan fingerprint density at radius 3 is 2.52 bits per heavy atom. The van der Waals surface area contributed by atoms with E-state index in [1.165, 1.54) is 7.11 Å². The average molecular weight is 403 g/mol. The van der Waals surface area contributed by atoms with Crippen LogP contribution in [-0.4, -0.2) is 46.3 Å². The summed E-state index contributed by atoms with van der Waals surface area (Å²) in [6.45, 7) is 5.45.